The summed E-state index contributed by atoms with van der Waals surface area (Å²) < 4.78 is 10.9. The fraction of sp³-hybridized carbons (Fsp3) is 0.800. The molecule has 1 rings (SSSR count). The van der Waals surface area contributed by atoms with Gasteiger partial charge in [0.1, 0.15) is 6.61 Å². The van der Waals surface area contributed by atoms with E-state index in [2.05, 4.69) is 50.0 Å². The molecular formula is C15H29N3O2. The van der Waals surface area contributed by atoms with Gasteiger partial charge in [-0.3, -0.25) is 0 Å². The minimum absolute atomic E-state index is 0.0827. The van der Waals surface area contributed by atoms with Gasteiger partial charge in [0.2, 0.25) is 0 Å². The molecule has 0 fully saturated rings. The molecule has 20 heavy (non-hydrogen) atoms. The second-order valence-corrected chi connectivity index (χ2v) is 5.97. The van der Waals surface area contributed by atoms with Gasteiger partial charge in [0.15, 0.2) is 5.76 Å². The van der Waals surface area contributed by atoms with Crippen LogP contribution in [0.1, 0.15) is 46.1 Å². The number of aromatic nitrogens is 1. The first-order valence-electron chi connectivity index (χ1n) is 7.44. The van der Waals surface area contributed by atoms with Crippen molar-refractivity contribution in [3.05, 3.63) is 17.5 Å². The van der Waals surface area contributed by atoms with Crippen LogP contribution in [0.15, 0.2) is 10.6 Å². The molecule has 1 heterocycles. The molecule has 1 N–H and O–H groups in total. The van der Waals surface area contributed by atoms with E-state index in [4.69, 9.17) is 9.26 Å². The van der Waals surface area contributed by atoms with Crippen molar-refractivity contribution in [2.75, 3.05) is 26.2 Å². The summed E-state index contributed by atoms with van der Waals surface area (Å²) in [4.78, 5) is 2.33. The van der Waals surface area contributed by atoms with E-state index in [1.54, 1.807) is 0 Å². The molecule has 0 amide bonds. The Kier molecular flexibility index (Phi) is 7.19. The summed E-state index contributed by atoms with van der Waals surface area (Å²) in [7, 11) is 0. The highest BCUT2D eigenvalue weighted by atomic mass is 16.5. The van der Waals surface area contributed by atoms with Crippen LogP contribution in [-0.4, -0.2) is 41.8 Å². The highest BCUT2D eigenvalue weighted by molar-refractivity contribution is 5.04. The number of hydrogen-bond donors (Lipinski definition) is 1. The topological polar surface area (TPSA) is 50.5 Å². The van der Waals surface area contributed by atoms with Crippen molar-refractivity contribution >= 4 is 0 Å². The predicted octanol–water partition coefficient (Wildman–Crippen LogP) is 2.42. The van der Waals surface area contributed by atoms with Gasteiger partial charge in [0, 0.05) is 24.7 Å². The second-order valence-electron chi connectivity index (χ2n) is 5.97. The van der Waals surface area contributed by atoms with Gasteiger partial charge in [-0.05, 0) is 33.9 Å². The fourth-order valence-corrected chi connectivity index (χ4v) is 1.77. The van der Waals surface area contributed by atoms with Crippen LogP contribution < -0.4 is 5.32 Å². The van der Waals surface area contributed by atoms with Crippen molar-refractivity contribution in [3.8, 4) is 0 Å². The quantitative estimate of drug-likeness (QED) is 0.705. The smallest absolute Gasteiger partial charge is 0.162 e. The Morgan fingerprint density at radius 1 is 1.30 bits per heavy atom. The maximum Gasteiger partial charge on any atom is 0.162 e. The zero-order valence-electron chi connectivity index (χ0n) is 13.5. The normalized spacial score (nSPS) is 12.3. The predicted molar refractivity (Wildman–Crippen MR) is 80.5 cm³/mol. The lowest BCUT2D eigenvalue weighted by Crippen LogP contribution is -2.35. The Morgan fingerprint density at radius 2 is 2.00 bits per heavy atom. The van der Waals surface area contributed by atoms with E-state index in [0.717, 1.165) is 37.7 Å². The molecule has 0 aromatic carbocycles. The van der Waals surface area contributed by atoms with Crippen LogP contribution in [0.25, 0.3) is 0 Å². The average molecular weight is 283 g/mol. The molecule has 0 radical (unpaired) electrons. The number of nitrogens with one attached hydrogen (secondary N) is 1. The third kappa shape index (κ3) is 7.03. The first kappa shape index (κ1) is 17.1. The van der Waals surface area contributed by atoms with Gasteiger partial charge < -0.3 is 19.5 Å². The minimum atomic E-state index is 0.0827. The lowest BCUT2D eigenvalue weighted by Gasteiger charge is -2.19. The maximum absolute atomic E-state index is 5.62. The summed E-state index contributed by atoms with van der Waals surface area (Å²) in [6.45, 7) is 15.7. The standard InChI is InChI=1S/C15H29N3O2/c1-6-18(7-2)8-9-19-12-14-10-13(17-20-14)11-16-15(3,4)5/h10,16H,6-9,11-12H2,1-5H3. The Morgan fingerprint density at radius 3 is 2.60 bits per heavy atom. The van der Waals surface area contributed by atoms with Crippen LogP contribution in [0.2, 0.25) is 0 Å². The molecule has 5 heteroatoms. The van der Waals surface area contributed by atoms with Crippen LogP contribution in [0.5, 0.6) is 0 Å². The van der Waals surface area contributed by atoms with E-state index < -0.39 is 0 Å². The van der Waals surface area contributed by atoms with Gasteiger partial charge in [0.25, 0.3) is 0 Å². The number of rotatable bonds is 9. The number of ether oxygens (including phenoxy) is 1. The first-order chi connectivity index (χ1) is 9.44. The third-order valence-electron chi connectivity index (χ3n) is 3.10. The van der Waals surface area contributed by atoms with E-state index in [0.29, 0.717) is 13.2 Å². The molecule has 1 aromatic heterocycles. The highest BCUT2D eigenvalue weighted by Gasteiger charge is 2.11. The van der Waals surface area contributed by atoms with E-state index >= 15 is 0 Å². The Balaban J connectivity index is 2.23. The van der Waals surface area contributed by atoms with Gasteiger partial charge in [0.05, 0.1) is 12.3 Å². The van der Waals surface area contributed by atoms with Crippen molar-refractivity contribution in [2.45, 2.75) is 53.3 Å². The zero-order chi connectivity index (χ0) is 15.0. The Bertz CT molecular complexity index is 367. The number of nitrogens with zero attached hydrogens (tertiary/aromatic N) is 2. The summed E-state index contributed by atoms with van der Waals surface area (Å²) in [5.41, 5.74) is 1.00. The largest absolute Gasteiger partial charge is 0.372 e. The van der Waals surface area contributed by atoms with Gasteiger partial charge in [-0.2, -0.15) is 0 Å². The molecule has 0 aliphatic rings. The van der Waals surface area contributed by atoms with Crippen LogP contribution in [0.3, 0.4) is 0 Å². The molecule has 0 saturated heterocycles. The summed E-state index contributed by atoms with van der Waals surface area (Å²) in [6, 6.07) is 1.95. The van der Waals surface area contributed by atoms with E-state index in [1.165, 1.54) is 0 Å². The molecule has 0 atom stereocenters. The SMILES string of the molecule is CCN(CC)CCOCc1cc(CNC(C)(C)C)no1. The molecular weight excluding hydrogens is 254 g/mol. The van der Waals surface area contributed by atoms with Crippen LogP contribution >= 0.6 is 0 Å². The molecule has 0 aliphatic carbocycles. The van der Waals surface area contributed by atoms with Gasteiger partial charge in [-0.1, -0.05) is 19.0 Å². The highest BCUT2D eigenvalue weighted by Crippen LogP contribution is 2.07. The van der Waals surface area contributed by atoms with E-state index in [9.17, 15) is 0 Å². The lowest BCUT2D eigenvalue weighted by atomic mass is 10.1. The number of likely N-dealkylation sites (N-methyl/N-ethyl adjacent to an activating group) is 1. The Labute approximate surface area is 122 Å². The van der Waals surface area contributed by atoms with Gasteiger partial charge in [-0.15, -0.1) is 0 Å². The van der Waals surface area contributed by atoms with Crippen LogP contribution in [-0.2, 0) is 17.9 Å². The van der Waals surface area contributed by atoms with E-state index in [1.807, 2.05) is 6.07 Å². The zero-order valence-corrected chi connectivity index (χ0v) is 13.5. The molecule has 0 aliphatic heterocycles. The van der Waals surface area contributed by atoms with Crippen molar-refractivity contribution in [1.29, 1.82) is 0 Å². The summed E-state index contributed by atoms with van der Waals surface area (Å²) in [5, 5.41) is 7.42. The van der Waals surface area contributed by atoms with Gasteiger partial charge >= 0.3 is 0 Å². The molecule has 1 aromatic rings. The van der Waals surface area contributed by atoms with Crippen molar-refractivity contribution < 1.29 is 9.26 Å². The molecule has 0 unspecified atom stereocenters. The third-order valence-corrected chi connectivity index (χ3v) is 3.10. The van der Waals surface area contributed by atoms with Crippen molar-refractivity contribution in [2.24, 2.45) is 0 Å². The van der Waals surface area contributed by atoms with Crippen molar-refractivity contribution in [3.63, 3.8) is 0 Å². The van der Waals surface area contributed by atoms with Crippen LogP contribution in [0, 0.1) is 0 Å². The molecule has 0 bridgehead atoms. The molecule has 5 nitrogen and oxygen atoms in total. The molecule has 116 valence electrons. The van der Waals surface area contributed by atoms with E-state index in [-0.39, 0.29) is 5.54 Å². The Hall–Kier alpha value is -0.910. The van der Waals surface area contributed by atoms with Crippen molar-refractivity contribution in [1.82, 2.24) is 15.4 Å². The van der Waals surface area contributed by atoms with Crippen LogP contribution in [0.4, 0.5) is 0 Å². The summed E-state index contributed by atoms with van der Waals surface area (Å²) in [6.07, 6.45) is 0. The fourth-order valence-electron chi connectivity index (χ4n) is 1.77. The first-order valence-corrected chi connectivity index (χ1v) is 7.44. The maximum atomic E-state index is 5.62. The monoisotopic (exact) mass is 283 g/mol. The number of hydrogen-bond acceptors (Lipinski definition) is 5. The lowest BCUT2D eigenvalue weighted by molar-refractivity contribution is 0.0806. The second kappa shape index (κ2) is 8.39. The molecule has 0 spiro atoms. The summed E-state index contributed by atoms with van der Waals surface area (Å²) in [5.74, 6) is 0.787. The minimum Gasteiger partial charge on any atom is -0.372 e. The average Bonchev–Trinajstić information content (AvgIpc) is 2.84. The van der Waals surface area contributed by atoms with Gasteiger partial charge in [-0.25, -0.2) is 0 Å². The molecule has 0 saturated carbocycles. The summed E-state index contributed by atoms with van der Waals surface area (Å²) >= 11 is 0.